The third-order valence-electron chi connectivity index (χ3n) is 5.05. The van der Waals surface area contributed by atoms with Gasteiger partial charge in [0.25, 0.3) is 0 Å². The number of halogens is 4. The average Bonchev–Trinajstić information content (AvgIpc) is 2.72. The fourth-order valence-electron chi connectivity index (χ4n) is 3.34. The lowest BCUT2D eigenvalue weighted by molar-refractivity contribution is -0.140. The Bertz CT molecular complexity index is 1210. The molecule has 2 aromatic rings. The number of anilines is 1. The van der Waals surface area contributed by atoms with Crippen LogP contribution in [-0.4, -0.2) is 49.5 Å². The van der Waals surface area contributed by atoms with Crippen LogP contribution >= 0.6 is 11.6 Å². The number of hydrogen-bond donors (Lipinski definition) is 1. The van der Waals surface area contributed by atoms with Crippen molar-refractivity contribution in [1.29, 1.82) is 0 Å². The van der Waals surface area contributed by atoms with E-state index in [0.29, 0.717) is 21.0 Å². The van der Waals surface area contributed by atoms with Gasteiger partial charge in [-0.25, -0.2) is 8.42 Å². The van der Waals surface area contributed by atoms with E-state index >= 15 is 0 Å². The van der Waals surface area contributed by atoms with E-state index in [0.717, 1.165) is 18.4 Å². The van der Waals surface area contributed by atoms with E-state index < -0.39 is 51.7 Å². The summed E-state index contributed by atoms with van der Waals surface area (Å²) in [4.78, 5) is 27.5. The molecule has 7 nitrogen and oxygen atoms in total. The number of hydrogen-bond acceptors (Lipinski definition) is 4. The lowest BCUT2D eigenvalue weighted by Gasteiger charge is -2.33. The van der Waals surface area contributed by atoms with Gasteiger partial charge in [0.05, 0.1) is 17.5 Å². The van der Waals surface area contributed by atoms with Gasteiger partial charge < -0.3 is 10.2 Å². The predicted octanol–water partition coefficient (Wildman–Crippen LogP) is 4.46. The van der Waals surface area contributed by atoms with E-state index in [2.05, 4.69) is 5.32 Å². The molecule has 12 heteroatoms. The minimum absolute atomic E-state index is 0.0850. The molecule has 0 fully saturated rings. The first-order valence-electron chi connectivity index (χ1n) is 10.9. The molecule has 0 aliphatic rings. The van der Waals surface area contributed by atoms with Gasteiger partial charge >= 0.3 is 6.18 Å². The zero-order chi connectivity index (χ0) is 27.5. The fraction of sp³-hybridized carbons (Fsp3) is 0.417. The van der Waals surface area contributed by atoms with Crippen molar-refractivity contribution in [2.75, 3.05) is 17.1 Å². The number of nitrogens with one attached hydrogen (secondary N) is 1. The van der Waals surface area contributed by atoms with Crippen molar-refractivity contribution < 1.29 is 31.2 Å². The molecule has 2 amide bonds. The van der Waals surface area contributed by atoms with Gasteiger partial charge in [-0.3, -0.25) is 13.9 Å². The van der Waals surface area contributed by atoms with Crippen molar-refractivity contribution in [3.8, 4) is 0 Å². The van der Waals surface area contributed by atoms with E-state index in [1.54, 1.807) is 45.0 Å². The van der Waals surface area contributed by atoms with Crippen molar-refractivity contribution in [2.45, 2.75) is 52.0 Å². The van der Waals surface area contributed by atoms with Crippen LogP contribution in [0, 0.1) is 0 Å². The fourth-order valence-corrected chi connectivity index (χ4v) is 4.39. The maximum atomic E-state index is 13.4. The molecule has 36 heavy (non-hydrogen) atoms. The summed E-state index contributed by atoms with van der Waals surface area (Å²) >= 11 is 6.05. The third kappa shape index (κ3) is 8.41. The van der Waals surface area contributed by atoms with Crippen molar-refractivity contribution in [1.82, 2.24) is 10.2 Å². The number of amides is 2. The largest absolute Gasteiger partial charge is 0.416 e. The van der Waals surface area contributed by atoms with Crippen LogP contribution in [0.15, 0.2) is 48.5 Å². The van der Waals surface area contributed by atoms with Gasteiger partial charge in [-0.1, -0.05) is 29.8 Å². The first-order valence-corrected chi connectivity index (χ1v) is 13.1. The molecule has 0 aromatic heterocycles. The molecule has 0 aliphatic carbocycles. The predicted molar refractivity (Wildman–Crippen MR) is 133 cm³/mol. The number of carbonyl (C=O) groups is 2. The summed E-state index contributed by atoms with van der Waals surface area (Å²) in [5, 5.41) is 3.17. The Labute approximate surface area is 214 Å². The molecule has 2 aromatic carbocycles. The second-order valence-electron chi connectivity index (χ2n) is 9.38. The molecule has 0 radical (unpaired) electrons. The molecule has 0 saturated carbocycles. The van der Waals surface area contributed by atoms with Crippen LogP contribution in [0.25, 0.3) is 0 Å². The normalized spacial score (nSPS) is 13.1. The van der Waals surface area contributed by atoms with Gasteiger partial charge in [0.15, 0.2) is 0 Å². The van der Waals surface area contributed by atoms with Gasteiger partial charge in [-0.15, -0.1) is 0 Å². The summed E-state index contributed by atoms with van der Waals surface area (Å²) in [6, 6.07) is 9.22. The SMILES string of the molecule is CC(C(=O)NC(C)(C)C)N(Cc1cccc(Cl)c1)C(=O)CN(c1cccc(C(F)(F)F)c1)S(C)(=O)=O. The zero-order valence-corrected chi connectivity index (χ0v) is 22.1. The van der Waals surface area contributed by atoms with Crippen LogP contribution in [-0.2, 0) is 32.3 Å². The number of benzene rings is 2. The Balaban J connectivity index is 2.46. The van der Waals surface area contributed by atoms with Crippen LogP contribution in [0.2, 0.25) is 5.02 Å². The molecule has 1 atom stereocenters. The van der Waals surface area contributed by atoms with Gasteiger partial charge in [-0.2, -0.15) is 13.2 Å². The van der Waals surface area contributed by atoms with Crippen LogP contribution in [0.1, 0.15) is 38.8 Å². The van der Waals surface area contributed by atoms with Crippen LogP contribution in [0.4, 0.5) is 18.9 Å². The van der Waals surface area contributed by atoms with E-state index in [1.165, 1.54) is 17.9 Å². The number of rotatable bonds is 8. The average molecular weight is 548 g/mol. The number of sulfonamides is 1. The van der Waals surface area contributed by atoms with Crippen molar-refractivity contribution >= 4 is 39.1 Å². The molecular weight excluding hydrogens is 519 g/mol. The molecule has 1 N–H and O–H groups in total. The van der Waals surface area contributed by atoms with E-state index in [9.17, 15) is 31.2 Å². The third-order valence-corrected chi connectivity index (χ3v) is 6.42. The van der Waals surface area contributed by atoms with E-state index in [-0.39, 0.29) is 12.2 Å². The number of carbonyl (C=O) groups excluding carboxylic acids is 2. The zero-order valence-electron chi connectivity index (χ0n) is 20.6. The summed E-state index contributed by atoms with van der Waals surface area (Å²) in [5.41, 5.74) is -1.41. The highest BCUT2D eigenvalue weighted by atomic mass is 35.5. The topological polar surface area (TPSA) is 86.8 Å². The molecule has 0 bridgehead atoms. The Morgan fingerprint density at radius 1 is 1.06 bits per heavy atom. The standard InChI is InChI=1S/C24H29ClF3N3O4S/c1-16(22(33)29-23(2,3)4)30(14-17-8-6-10-19(25)12-17)21(32)15-31(36(5,34)35)20-11-7-9-18(13-20)24(26,27)28/h6-13,16H,14-15H2,1-5H3,(H,29,33). The van der Waals surface area contributed by atoms with Crippen LogP contribution in [0.5, 0.6) is 0 Å². The van der Waals surface area contributed by atoms with Gasteiger partial charge in [-0.05, 0) is 63.6 Å². The maximum absolute atomic E-state index is 13.4. The quantitative estimate of drug-likeness (QED) is 0.529. The van der Waals surface area contributed by atoms with Gasteiger partial charge in [0.1, 0.15) is 12.6 Å². The summed E-state index contributed by atoms with van der Waals surface area (Å²) in [6.07, 6.45) is -3.92. The van der Waals surface area contributed by atoms with Gasteiger partial charge in [0.2, 0.25) is 21.8 Å². The highest BCUT2D eigenvalue weighted by Crippen LogP contribution is 2.32. The second kappa shape index (κ2) is 11.1. The Kier molecular flexibility index (Phi) is 9.06. The van der Waals surface area contributed by atoms with Crippen LogP contribution < -0.4 is 9.62 Å². The number of alkyl halides is 3. The molecule has 1 unspecified atom stereocenters. The Hall–Kier alpha value is -2.79. The van der Waals surface area contributed by atoms with E-state index in [1.807, 2.05) is 0 Å². The molecule has 0 heterocycles. The Morgan fingerprint density at radius 3 is 2.19 bits per heavy atom. The van der Waals surface area contributed by atoms with Crippen molar-refractivity contribution in [3.05, 3.63) is 64.7 Å². The van der Waals surface area contributed by atoms with Crippen molar-refractivity contribution in [2.24, 2.45) is 0 Å². The van der Waals surface area contributed by atoms with Gasteiger partial charge in [0, 0.05) is 17.1 Å². The first kappa shape index (κ1) is 29.4. The highest BCUT2D eigenvalue weighted by molar-refractivity contribution is 7.92. The Morgan fingerprint density at radius 2 is 1.67 bits per heavy atom. The summed E-state index contributed by atoms with van der Waals surface area (Å²) in [6.45, 7) is 5.88. The lowest BCUT2D eigenvalue weighted by atomic mass is 10.1. The highest BCUT2D eigenvalue weighted by Gasteiger charge is 2.34. The molecular formula is C24H29ClF3N3O4S. The minimum atomic E-state index is -4.71. The molecule has 0 saturated heterocycles. The molecule has 0 aliphatic heterocycles. The first-order chi connectivity index (χ1) is 16.4. The second-order valence-corrected chi connectivity index (χ2v) is 11.7. The minimum Gasteiger partial charge on any atom is -0.350 e. The lowest BCUT2D eigenvalue weighted by Crippen LogP contribution is -2.54. The smallest absolute Gasteiger partial charge is 0.350 e. The summed E-state index contributed by atoms with van der Waals surface area (Å²) in [5.74, 6) is -1.27. The summed E-state index contributed by atoms with van der Waals surface area (Å²) < 4.78 is 65.3. The van der Waals surface area contributed by atoms with Crippen molar-refractivity contribution in [3.63, 3.8) is 0 Å². The van der Waals surface area contributed by atoms with Crippen LogP contribution in [0.3, 0.4) is 0 Å². The van der Waals surface area contributed by atoms with E-state index in [4.69, 9.17) is 11.6 Å². The molecule has 0 spiro atoms. The number of nitrogens with zero attached hydrogens (tertiary/aromatic N) is 2. The maximum Gasteiger partial charge on any atom is 0.416 e. The molecule has 198 valence electrons. The monoisotopic (exact) mass is 547 g/mol. The summed E-state index contributed by atoms with van der Waals surface area (Å²) in [7, 11) is -4.17. The molecule has 2 rings (SSSR count).